The zero-order valence-corrected chi connectivity index (χ0v) is 14.2. The number of aromatic nitrogens is 3. The third-order valence-electron chi connectivity index (χ3n) is 3.77. The van der Waals surface area contributed by atoms with Gasteiger partial charge in [0, 0.05) is 17.7 Å². The predicted octanol–water partition coefficient (Wildman–Crippen LogP) is 1.45. The Bertz CT molecular complexity index is 1080. The van der Waals surface area contributed by atoms with Crippen molar-refractivity contribution in [1.82, 2.24) is 15.0 Å². The van der Waals surface area contributed by atoms with Gasteiger partial charge in [-0.3, -0.25) is 19.7 Å². The molecule has 10 nitrogen and oxygen atoms in total. The van der Waals surface area contributed by atoms with E-state index in [1.165, 1.54) is 25.3 Å². The Morgan fingerprint density at radius 2 is 2.04 bits per heavy atom. The number of nitrogens with zero attached hydrogens (tertiary/aromatic N) is 4. The SMILES string of the molecule is COc1ccc([N+](=O)[O-])cc1COC(=O)Cn1nnc2ccccc2c1=O. The lowest BCUT2D eigenvalue weighted by molar-refractivity contribution is -0.385. The van der Waals surface area contributed by atoms with E-state index in [4.69, 9.17) is 9.47 Å². The third kappa shape index (κ3) is 3.89. The molecule has 0 N–H and O–H groups in total. The second kappa shape index (κ2) is 7.60. The van der Waals surface area contributed by atoms with E-state index in [1.807, 2.05) is 0 Å². The molecular weight excluding hydrogens is 356 g/mol. The maximum Gasteiger partial charge on any atom is 0.328 e. The number of non-ortho nitro benzene ring substituents is 1. The Morgan fingerprint density at radius 1 is 1.26 bits per heavy atom. The van der Waals surface area contributed by atoms with Crippen LogP contribution in [0.3, 0.4) is 0 Å². The molecule has 0 radical (unpaired) electrons. The molecule has 0 aliphatic heterocycles. The molecule has 0 unspecified atom stereocenters. The minimum atomic E-state index is -0.741. The number of hydrogen-bond acceptors (Lipinski definition) is 8. The summed E-state index contributed by atoms with van der Waals surface area (Å²) in [6.07, 6.45) is 0. The molecule has 3 rings (SSSR count). The number of fused-ring (bicyclic) bond motifs is 1. The van der Waals surface area contributed by atoms with Crippen LogP contribution in [0.4, 0.5) is 5.69 Å². The molecule has 3 aromatic rings. The van der Waals surface area contributed by atoms with E-state index >= 15 is 0 Å². The first kappa shape index (κ1) is 18.0. The largest absolute Gasteiger partial charge is 0.496 e. The molecule has 1 aromatic heterocycles. The van der Waals surface area contributed by atoms with Gasteiger partial charge in [-0.25, -0.2) is 0 Å². The highest BCUT2D eigenvalue weighted by molar-refractivity contribution is 5.77. The zero-order valence-electron chi connectivity index (χ0n) is 14.2. The second-order valence-corrected chi connectivity index (χ2v) is 5.48. The molecule has 0 saturated heterocycles. The minimum Gasteiger partial charge on any atom is -0.496 e. The van der Waals surface area contributed by atoms with Crippen LogP contribution in [0.5, 0.6) is 5.75 Å². The maximum atomic E-state index is 12.3. The molecule has 2 aromatic carbocycles. The smallest absolute Gasteiger partial charge is 0.328 e. The van der Waals surface area contributed by atoms with Crippen LogP contribution in [0.2, 0.25) is 0 Å². The van der Waals surface area contributed by atoms with Crippen molar-refractivity contribution in [3.05, 3.63) is 68.5 Å². The molecule has 0 saturated carbocycles. The summed E-state index contributed by atoms with van der Waals surface area (Å²) >= 11 is 0. The van der Waals surface area contributed by atoms with Crippen molar-refractivity contribution in [3.8, 4) is 5.75 Å². The van der Waals surface area contributed by atoms with Crippen LogP contribution in [0.15, 0.2) is 47.3 Å². The molecule has 10 heteroatoms. The maximum absolute atomic E-state index is 12.3. The number of benzene rings is 2. The summed E-state index contributed by atoms with van der Waals surface area (Å²) in [5.74, 6) is -0.397. The first-order chi connectivity index (χ1) is 13.0. The fraction of sp³-hybridized carbons (Fsp3) is 0.176. The number of nitro benzene ring substituents is 1. The standard InChI is InChI=1S/C17H14N4O6/c1-26-15-7-6-12(21(24)25)8-11(15)10-27-16(22)9-20-17(23)13-4-2-3-5-14(13)18-19-20/h2-8H,9-10H2,1H3. The summed E-state index contributed by atoms with van der Waals surface area (Å²) in [7, 11) is 1.40. The monoisotopic (exact) mass is 370 g/mol. The molecule has 0 spiro atoms. The number of carbonyl (C=O) groups is 1. The van der Waals surface area contributed by atoms with Gasteiger partial charge < -0.3 is 9.47 Å². The van der Waals surface area contributed by atoms with Gasteiger partial charge in [0.05, 0.1) is 17.4 Å². The molecule has 0 aliphatic carbocycles. The van der Waals surface area contributed by atoms with Crippen LogP contribution in [-0.2, 0) is 22.7 Å². The summed E-state index contributed by atoms with van der Waals surface area (Å²) in [5, 5.41) is 18.8. The van der Waals surface area contributed by atoms with Gasteiger partial charge in [0.15, 0.2) is 0 Å². The Labute approximate surface area is 152 Å². The van der Waals surface area contributed by atoms with Crippen molar-refractivity contribution in [2.75, 3.05) is 7.11 Å². The van der Waals surface area contributed by atoms with Crippen LogP contribution in [0.1, 0.15) is 5.56 Å². The van der Waals surface area contributed by atoms with Crippen molar-refractivity contribution in [2.45, 2.75) is 13.2 Å². The van der Waals surface area contributed by atoms with E-state index in [1.54, 1.807) is 24.3 Å². The van der Waals surface area contributed by atoms with E-state index in [2.05, 4.69) is 10.3 Å². The van der Waals surface area contributed by atoms with E-state index in [0.717, 1.165) is 4.68 Å². The highest BCUT2D eigenvalue weighted by Gasteiger charge is 2.15. The van der Waals surface area contributed by atoms with Crippen molar-refractivity contribution < 1.29 is 19.2 Å². The summed E-state index contributed by atoms with van der Waals surface area (Å²) in [6.45, 7) is -0.687. The highest BCUT2D eigenvalue weighted by atomic mass is 16.6. The molecule has 0 bridgehead atoms. The number of ether oxygens (including phenoxy) is 2. The number of rotatable bonds is 6. The molecule has 0 aliphatic rings. The van der Waals surface area contributed by atoms with Gasteiger partial charge in [-0.1, -0.05) is 17.3 Å². The Balaban J connectivity index is 1.74. The van der Waals surface area contributed by atoms with Crippen LogP contribution in [0.25, 0.3) is 10.9 Å². The van der Waals surface area contributed by atoms with Crippen molar-refractivity contribution in [1.29, 1.82) is 0 Å². The molecule has 27 heavy (non-hydrogen) atoms. The summed E-state index contributed by atoms with van der Waals surface area (Å²) in [6, 6.07) is 10.6. The van der Waals surface area contributed by atoms with Gasteiger partial charge in [0.1, 0.15) is 24.4 Å². The number of esters is 1. The van der Waals surface area contributed by atoms with E-state index in [-0.39, 0.29) is 12.3 Å². The summed E-state index contributed by atoms with van der Waals surface area (Å²) in [4.78, 5) is 34.7. The van der Waals surface area contributed by atoms with Crippen molar-refractivity contribution in [2.24, 2.45) is 0 Å². The van der Waals surface area contributed by atoms with Crippen LogP contribution in [0, 0.1) is 10.1 Å². The highest BCUT2D eigenvalue weighted by Crippen LogP contribution is 2.24. The van der Waals surface area contributed by atoms with Gasteiger partial charge in [0.2, 0.25) is 0 Å². The fourth-order valence-corrected chi connectivity index (χ4v) is 2.44. The molecule has 1 heterocycles. The fourth-order valence-electron chi connectivity index (χ4n) is 2.44. The second-order valence-electron chi connectivity index (χ2n) is 5.48. The van der Waals surface area contributed by atoms with Gasteiger partial charge in [-0.15, -0.1) is 5.10 Å². The lowest BCUT2D eigenvalue weighted by Gasteiger charge is -2.09. The van der Waals surface area contributed by atoms with Gasteiger partial charge >= 0.3 is 5.97 Å². The Kier molecular flexibility index (Phi) is 5.06. The van der Waals surface area contributed by atoms with Crippen molar-refractivity contribution in [3.63, 3.8) is 0 Å². The third-order valence-corrected chi connectivity index (χ3v) is 3.77. The number of carbonyl (C=O) groups excluding carboxylic acids is 1. The van der Waals surface area contributed by atoms with Crippen LogP contribution < -0.4 is 10.3 Å². The Morgan fingerprint density at radius 3 is 2.78 bits per heavy atom. The first-order valence-electron chi connectivity index (χ1n) is 7.79. The zero-order chi connectivity index (χ0) is 19.4. The van der Waals surface area contributed by atoms with Gasteiger partial charge in [0.25, 0.3) is 11.2 Å². The topological polar surface area (TPSA) is 126 Å². The Hall–Kier alpha value is -3.82. The molecule has 0 amide bonds. The predicted molar refractivity (Wildman–Crippen MR) is 93.2 cm³/mol. The van der Waals surface area contributed by atoms with Crippen LogP contribution in [-0.4, -0.2) is 33.0 Å². The van der Waals surface area contributed by atoms with E-state index < -0.39 is 23.0 Å². The molecule has 0 fully saturated rings. The van der Waals surface area contributed by atoms with E-state index in [9.17, 15) is 19.7 Å². The quantitative estimate of drug-likeness (QED) is 0.362. The lowest BCUT2D eigenvalue weighted by Crippen LogP contribution is -2.28. The molecule has 0 atom stereocenters. The lowest BCUT2D eigenvalue weighted by atomic mass is 10.2. The average molecular weight is 370 g/mol. The first-order valence-corrected chi connectivity index (χ1v) is 7.79. The number of methoxy groups -OCH3 is 1. The summed E-state index contributed by atoms with van der Waals surface area (Å²) < 4.78 is 11.1. The number of nitro groups is 1. The minimum absolute atomic E-state index is 0.154. The normalized spacial score (nSPS) is 10.6. The van der Waals surface area contributed by atoms with Gasteiger partial charge in [-0.2, -0.15) is 4.68 Å². The van der Waals surface area contributed by atoms with E-state index in [0.29, 0.717) is 22.2 Å². The molecular formula is C17H14N4O6. The molecule has 138 valence electrons. The van der Waals surface area contributed by atoms with Crippen LogP contribution >= 0.6 is 0 Å². The summed E-state index contributed by atoms with van der Waals surface area (Å²) in [5.41, 5.74) is 0.134. The average Bonchev–Trinajstić information content (AvgIpc) is 2.68. The number of hydrogen-bond donors (Lipinski definition) is 0. The van der Waals surface area contributed by atoms with Gasteiger partial charge in [-0.05, 0) is 18.2 Å². The van der Waals surface area contributed by atoms with Crippen molar-refractivity contribution >= 4 is 22.6 Å².